The Morgan fingerprint density at radius 1 is 1.15 bits per heavy atom. The Labute approximate surface area is 155 Å². The Balaban J connectivity index is 2.12. The van der Waals surface area contributed by atoms with Gasteiger partial charge >= 0.3 is 0 Å². The van der Waals surface area contributed by atoms with Crippen molar-refractivity contribution in [3.63, 3.8) is 0 Å². The highest BCUT2D eigenvalue weighted by atomic mass is 16.2. The molecule has 140 valence electrons. The first kappa shape index (κ1) is 19.7. The molecule has 6 nitrogen and oxygen atoms in total. The van der Waals surface area contributed by atoms with E-state index in [1.54, 1.807) is 6.92 Å². The number of nitrogens with one attached hydrogen (secondary N) is 2. The first-order valence-electron chi connectivity index (χ1n) is 9.01. The Hall–Kier alpha value is -2.63. The number of benzene rings is 1. The van der Waals surface area contributed by atoms with E-state index in [-0.39, 0.29) is 11.8 Å². The summed E-state index contributed by atoms with van der Waals surface area (Å²) in [5.74, 6) is -0.447. The molecule has 0 aliphatic rings. The average molecular weight is 356 g/mol. The van der Waals surface area contributed by atoms with E-state index in [0.29, 0.717) is 24.3 Å². The number of amides is 2. The molecule has 6 heteroatoms. The standard InChI is InChI=1S/C20H28N4O2/c1-6-11-21-19(25)15(4)22-20(26)18-14(3)23-24(16(18)5)12-17-9-7-13(2)8-10-17/h7-10,15H,6,11-12H2,1-5H3,(H,21,25)(H,22,26)/t15-/m1/s1. The number of nitrogens with zero attached hydrogens (tertiary/aromatic N) is 2. The van der Waals surface area contributed by atoms with Crippen molar-refractivity contribution in [3.8, 4) is 0 Å². The van der Waals surface area contributed by atoms with Crippen LogP contribution in [0.25, 0.3) is 0 Å². The summed E-state index contributed by atoms with van der Waals surface area (Å²) in [6.45, 7) is 10.6. The van der Waals surface area contributed by atoms with Crippen molar-refractivity contribution in [2.24, 2.45) is 0 Å². The first-order valence-corrected chi connectivity index (χ1v) is 9.01. The monoisotopic (exact) mass is 356 g/mol. The lowest BCUT2D eigenvalue weighted by molar-refractivity contribution is -0.122. The van der Waals surface area contributed by atoms with Crippen molar-refractivity contribution in [1.29, 1.82) is 0 Å². The van der Waals surface area contributed by atoms with Gasteiger partial charge in [-0.05, 0) is 39.7 Å². The van der Waals surface area contributed by atoms with Gasteiger partial charge in [-0.2, -0.15) is 5.10 Å². The third kappa shape index (κ3) is 4.71. The molecule has 2 amide bonds. The topological polar surface area (TPSA) is 76.0 Å². The van der Waals surface area contributed by atoms with Gasteiger partial charge in [0.05, 0.1) is 17.8 Å². The maximum Gasteiger partial charge on any atom is 0.255 e. The molecule has 1 heterocycles. The van der Waals surface area contributed by atoms with Gasteiger partial charge in [-0.25, -0.2) is 0 Å². The van der Waals surface area contributed by atoms with E-state index >= 15 is 0 Å². The summed E-state index contributed by atoms with van der Waals surface area (Å²) in [6, 6.07) is 7.65. The molecule has 2 rings (SSSR count). The number of carbonyl (C=O) groups excluding carboxylic acids is 2. The lowest BCUT2D eigenvalue weighted by Gasteiger charge is -2.14. The van der Waals surface area contributed by atoms with Crippen LogP contribution in [0.4, 0.5) is 0 Å². The summed E-state index contributed by atoms with van der Waals surface area (Å²) in [5, 5.41) is 10.1. The van der Waals surface area contributed by atoms with Gasteiger partial charge in [-0.3, -0.25) is 14.3 Å². The zero-order valence-electron chi connectivity index (χ0n) is 16.2. The normalized spacial score (nSPS) is 11.9. The van der Waals surface area contributed by atoms with Crippen molar-refractivity contribution in [2.75, 3.05) is 6.54 Å². The minimum Gasteiger partial charge on any atom is -0.354 e. The number of hydrogen-bond acceptors (Lipinski definition) is 3. The highest BCUT2D eigenvalue weighted by Crippen LogP contribution is 2.15. The predicted octanol–water partition coefficient (Wildman–Crippen LogP) is 2.50. The number of hydrogen-bond donors (Lipinski definition) is 2. The molecule has 2 aromatic rings. The van der Waals surface area contributed by atoms with Crippen LogP contribution in [0.3, 0.4) is 0 Å². The molecule has 0 saturated heterocycles. The second kappa shape index (κ2) is 8.65. The van der Waals surface area contributed by atoms with Crippen LogP contribution in [0.2, 0.25) is 0 Å². The van der Waals surface area contributed by atoms with Gasteiger partial charge in [-0.1, -0.05) is 36.8 Å². The molecule has 1 aromatic heterocycles. The lowest BCUT2D eigenvalue weighted by Crippen LogP contribution is -2.45. The van der Waals surface area contributed by atoms with Crippen molar-refractivity contribution in [1.82, 2.24) is 20.4 Å². The van der Waals surface area contributed by atoms with Gasteiger partial charge in [0.15, 0.2) is 0 Å². The van der Waals surface area contributed by atoms with Crippen LogP contribution in [0.5, 0.6) is 0 Å². The lowest BCUT2D eigenvalue weighted by atomic mass is 10.1. The van der Waals surface area contributed by atoms with Gasteiger partial charge in [0.1, 0.15) is 6.04 Å². The number of carbonyl (C=O) groups is 2. The zero-order chi connectivity index (χ0) is 19.3. The van der Waals surface area contributed by atoms with Crippen LogP contribution in [0.15, 0.2) is 24.3 Å². The van der Waals surface area contributed by atoms with E-state index < -0.39 is 6.04 Å². The Bertz CT molecular complexity index is 778. The van der Waals surface area contributed by atoms with Crippen LogP contribution < -0.4 is 10.6 Å². The summed E-state index contributed by atoms with van der Waals surface area (Å²) < 4.78 is 1.83. The Morgan fingerprint density at radius 2 is 1.81 bits per heavy atom. The smallest absolute Gasteiger partial charge is 0.255 e. The first-order chi connectivity index (χ1) is 12.3. The van der Waals surface area contributed by atoms with E-state index in [9.17, 15) is 9.59 Å². The van der Waals surface area contributed by atoms with Crippen LogP contribution in [-0.2, 0) is 11.3 Å². The fraction of sp³-hybridized carbons (Fsp3) is 0.450. The second-order valence-electron chi connectivity index (χ2n) is 6.68. The van der Waals surface area contributed by atoms with Crippen molar-refractivity contribution >= 4 is 11.8 Å². The van der Waals surface area contributed by atoms with Gasteiger partial charge < -0.3 is 10.6 Å². The minimum atomic E-state index is -0.590. The van der Waals surface area contributed by atoms with Crippen LogP contribution in [-0.4, -0.2) is 34.2 Å². The van der Waals surface area contributed by atoms with Gasteiger partial charge in [-0.15, -0.1) is 0 Å². The van der Waals surface area contributed by atoms with Crippen LogP contribution in [0, 0.1) is 20.8 Å². The quantitative estimate of drug-likeness (QED) is 0.800. The van der Waals surface area contributed by atoms with Gasteiger partial charge in [0.2, 0.25) is 5.91 Å². The molecule has 0 unspecified atom stereocenters. The van der Waals surface area contributed by atoms with E-state index in [1.807, 2.05) is 32.4 Å². The Kier molecular flexibility index (Phi) is 6.55. The van der Waals surface area contributed by atoms with E-state index in [4.69, 9.17) is 0 Å². The summed E-state index contributed by atoms with van der Waals surface area (Å²) in [4.78, 5) is 24.6. The summed E-state index contributed by atoms with van der Waals surface area (Å²) >= 11 is 0. The van der Waals surface area contributed by atoms with Crippen molar-refractivity contribution in [3.05, 3.63) is 52.3 Å². The summed E-state index contributed by atoms with van der Waals surface area (Å²) in [7, 11) is 0. The number of rotatable bonds is 7. The Morgan fingerprint density at radius 3 is 2.42 bits per heavy atom. The van der Waals surface area contributed by atoms with E-state index in [2.05, 4.69) is 40.0 Å². The molecule has 0 saturated carbocycles. The predicted molar refractivity (Wildman–Crippen MR) is 102 cm³/mol. The SMILES string of the molecule is CCCNC(=O)[C@@H](C)NC(=O)c1c(C)nn(Cc2ccc(C)cc2)c1C. The maximum absolute atomic E-state index is 12.6. The van der Waals surface area contributed by atoms with Gasteiger partial charge in [0.25, 0.3) is 5.91 Å². The summed E-state index contributed by atoms with van der Waals surface area (Å²) in [6.07, 6.45) is 0.858. The molecule has 0 aliphatic heterocycles. The molecule has 2 N–H and O–H groups in total. The molecule has 1 aromatic carbocycles. The molecule has 0 spiro atoms. The third-order valence-electron chi connectivity index (χ3n) is 4.35. The maximum atomic E-state index is 12.6. The minimum absolute atomic E-state index is 0.178. The average Bonchev–Trinajstić information content (AvgIpc) is 2.88. The molecule has 0 aliphatic carbocycles. The molecule has 0 bridgehead atoms. The number of aromatic nitrogens is 2. The highest BCUT2D eigenvalue weighted by Gasteiger charge is 2.22. The van der Waals surface area contributed by atoms with Crippen LogP contribution >= 0.6 is 0 Å². The van der Waals surface area contributed by atoms with E-state index in [1.165, 1.54) is 5.56 Å². The van der Waals surface area contributed by atoms with Crippen molar-refractivity contribution in [2.45, 2.75) is 53.6 Å². The molecular weight excluding hydrogens is 328 g/mol. The third-order valence-corrected chi connectivity index (χ3v) is 4.35. The fourth-order valence-corrected chi connectivity index (χ4v) is 2.78. The molecular formula is C20H28N4O2. The van der Waals surface area contributed by atoms with E-state index in [0.717, 1.165) is 17.7 Å². The fourth-order valence-electron chi connectivity index (χ4n) is 2.78. The molecule has 0 radical (unpaired) electrons. The summed E-state index contributed by atoms with van der Waals surface area (Å²) in [5.41, 5.74) is 4.32. The van der Waals surface area contributed by atoms with Crippen molar-refractivity contribution < 1.29 is 9.59 Å². The molecule has 0 fully saturated rings. The molecule has 26 heavy (non-hydrogen) atoms. The van der Waals surface area contributed by atoms with Gasteiger partial charge in [0, 0.05) is 12.2 Å². The number of aryl methyl sites for hydroxylation is 2. The highest BCUT2D eigenvalue weighted by molar-refractivity contribution is 5.99. The van der Waals surface area contributed by atoms with Crippen LogP contribution in [0.1, 0.15) is 53.1 Å². The zero-order valence-corrected chi connectivity index (χ0v) is 16.2. The largest absolute Gasteiger partial charge is 0.354 e. The second-order valence-corrected chi connectivity index (χ2v) is 6.68. The molecule has 1 atom stereocenters.